The molecule has 4 rings (SSSR count). The third kappa shape index (κ3) is 4.77. The van der Waals surface area contributed by atoms with E-state index in [1.54, 1.807) is 12.1 Å². The first-order valence-corrected chi connectivity index (χ1v) is 9.62. The minimum Gasteiger partial charge on any atom is -0.497 e. The molecule has 0 aliphatic heterocycles. The lowest BCUT2D eigenvalue weighted by Crippen LogP contribution is -2.15. The average molecular weight is 460 g/mol. The van der Waals surface area contributed by atoms with E-state index >= 15 is 0 Å². The maximum atomic E-state index is 13.8. The first-order chi connectivity index (χ1) is 15.8. The van der Waals surface area contributed by atoms with Gasteiger partial charge in [-0.25, -0.2) is 4.39 Å². The molecule has 0 amide bonds. The Bertz CT molecular complexity index is 1360. The second-order valence-electron chi connectivity index (χ2n) is 6.91. The maximum Gasteiger partial charge on any atom is 0.453 e. The number of methoxy groups -OCH3 is 1. The molecule has 3 aromatic carbocycles. The van der Waals surface area contributed by atoms with Gasteiger partial charge in [-0.3, -0.25) is 4.79 Å². The van der Waals surface area contributed by atoms with Crippen molar-refractivity contribution in [1.29, 1.82) is 0 Å². The highest BCUT2D eigenvalue weighted by Crippen LogP contribution is 2.39. The summed E-state index contributed by atoms with van der Waals surface area (Å²) in [7, 11) is 1.39. The van der Waals surface area contributed by atoms with Crippen molar-refractivity contribution in [3.8, 4) is 23.0 Å². The Hall–Kier alpha value is -4.01. The molecule has 9 heteroatoms. The molecule has 0 saturated heterocycles. The molecule has 33 heavy (non-hydrogen) atoms. The van der Waals surface area contributed by atoms with Crippen LogP contribution in [0.4, 0.5) is 17.6 Å². The monoisotopic (exact) mass is 460 g/mol. The zero-order chi connectivity index (χ0) is 23.6. The van der Waals surface area contributed by atoms with Crippen LogP contribution in [0.3, 0.4) is 0 Å². The Labute approximate surface area is 184 Å². The SMILES string of the molecule is COc1cccc(Oc2c(C(F)(F)F)oc3cc(OCc4ccccc4F)ccc3c2=O)c1. The van der Waals surface area contributed by atoms with Crippen LogP contribution in [0.2, 0.25) is 0 Å². The quantitative estimate of drug-likeness (QED) is 0.315. The smallest absolute Gasteiger partial charge is 0.453 e. The van der Waals surface area contributed by atoms with Crippen LogP contribution in [0, 0.1) is 5.82 Å². The van der Waals surface area contributed by atoms with Gasteiger partial charge in [0, 0.05) is 17.7 Å². The molecule has 0 N–H and O–H groups in total. The molecule has 4 aromatic rings. The lowest BCUT2D eigenvalue weighted by molar-refractivity contribution is -0.154. The number of benzene rings is 3. The van der Waals surface area contributed by atoms with E-state index in [1.165, 1.54) is 55.6 Å². The van der Waals surface area contributed by atoms with Crippen molar-refractivity contribution in [3.63, 3.8) is 0 Å². The fraction of sp³-hybridized carbons (Fsp3) is 0.125. The molecule has 0 fully saturated rings. The van der Waals surface area contributed by atoms with Gasteiger partial charge in [-0.15, -0.1) is 0 Å². The Morgan fingerprint density at radius 2 is 1.67 bits per heavy atom. The Balaban J connectivity index is 1.73. The number of fused-ring (bicyclic) bond motifs is 1. The zero-order valence-corrected chi connectivity index (χ0v) is 17.1. The summed E-state index contributed by atoms with van der Waals surface area (Å²) in [4.78, 5) is 12.9. The molecule has 1 heterocycles. The maximum absolute atomic E-state index is 13.8. The predicted molar refractivity (Wildman–Crippen MR) is 111 cm³/mol. The number of halogens is 4. The first-order valence-electron chi connectivity index (χ1n) is 9.62. The zero-order valence-electron chi connectivity index (χ0n) is 17.1. The third-order valence-corrected chi connectivity index (χ3v) is 4.69. The summed E-state index contributed by atoms with van der Waals surface area (Å²) >= 11 is 0. The van der Waals surface area contributed by atoms with Crippen LogP contribution in [0.25, 0.3) is 11.0 Å². The summed E-state index contributed by atoms with van der Waals surface area (Å²) < 4.78 is 75.7. The molecule has 0 unspecified atom stereocenters. The molecule has 0 saturated carbocycles. The third-order valence-electron chi connectivity index (χ3n) is 4.69. The van der Waals surface area contributed by atoms with Gasteiger partial charge >= 0.3 is 6.18 Å². The second-order valence-corrected chi connectivity index (χ2v) is 6.91. The van der Waals surface area contributed by atoms with Crippen molar-refractivity contribution >= 4 is 11.0 Å². The lowest BCUT2D eigenvalue weighted by Gasteiger charge is -2.14. The average Bonchev–Trinajstić information content (AvgIpc) is 2.79. The summed E-state index contributed by atoms with van der Waals surface area (Å²) in [6.07, 6.45) is -5.01. The molecule has 5 nitrogen and oxygen atoms in total. The molecule has 0 aliphatic carbocycles. The van der Waals surface area contributed by atoms with Crippen molar-refractivity contribution in [2.45, 2.75) is 12.8 Å². The number of ether oxygens (including phenoxy) is 3. The number of rotatable bonds is 6. The summed E-state index contributed by atoms with van der Waals surface area (Å²) in [5.41, 5.74) is -1.10. The van der Waals surface area contributed by atoms with E-state index in [0.717, 1.165) is 6.07 Å². The number of alkyl halides is 3. The van der Waals surface area contributed by atoms with Crippen LogP contribution < -0.4 is 19.6 Å². The molecule has 170 valence electrons. The van der Waals surface area contributed by atoms with E-state index in [0.29, 0.717) is 5.75 Å². The summed E-state index contributed by atoms with van der Waals surface area (Å²) in [6.45, 7) is -0.161. The van der Waals surface area contributed by atoms with Crippen LogP contribution in [0.5, 0.6) is 23.0 Å². The van der Waals surface area contributed by atoms with E-state index in [2.05, 4.69) is 0 Å². The Morgan fingerprint density at radius 1 is 0.909 bits per heavy atom. The molecule has 0 bridgehead atoms. The van der Waals surface area contributed by atoms with Crippen molar-refractivity contribution in [1.82, 2.24) is 0 Å². The summed E-state index contributed by atoms with van der Waals surface area (Å²) in [5.74, 6) is -2.66. The van der Waals surface area contributed by atoms with Crippen molar-refractivity contribution in [2.24, 2.45) is 0 Å². The van der Waals surface area contributed by atoms with Gasteiger partial charge in [0.05, 0.1) is 12.5 Å². The van der Waals surface area contributed by atoms with E-state index in [4.69, 9.17) is 18.6 Å². The van der Waals surface area contributed by atoms with Crippen LogP contribution >= 0.6 is 0 Å². The van der Waals surface area contributed by atoms with Crippen LogP contribution in [0.1, 0.15) is 11.3 Å². The van der Waals surface area contributed by atoms with Gasteiger partial charge in [0.2, 0.25) is 11.2 Å². The van der Waals surface area contributed by atoms with Gasteiger partial charge in [-0.05, 0) is 30.3 Å². The molecule has 0 atom stereocenters. The van der Waals surface area contributed by atoms with E-state index < -0.39 is 28.9 Å². The van der Waals surface area contributed by atoms with Gasteiger partial charge in [-0.2, -0.15) is 13.2 Å². The van der Waals surface area contributed by atoms with E-state index in [1.807, 2.05) is 0 Å². The summed E-state index contributed by atoms with van der Waals surface area (Å²) in [5, 5.41) is -0.140. The molecular weight excluding hydrogens is 444 g/mol. The molecule has 0 spiro atoms. The van der Waals surface area contributed by atoms with Gasteiger partial charge in [0.15, 0.2) is 0 Å². The normalized spacial score (nSPS) is 11.4. The van der Waals surface area contributed by atoms with Gasteiger partial charge in [0.25, 0.3) is 5.76 Å². The van der Waals surface area contributed by atoms with Gasteiger partial charge < -0.3 is 18.6 Å². The standard InChI is InChI=1S/C24H16F4O5/c1-30-15-6-4-7-17(11-15)32-22-21(29)18-10-9-16(12-20(18)33-23(22)24(26,27)28)31-13-14-5-2-3-8-19(14)25/h2-12H,13H2,1H3. The fourth-order valence-electron chi connectivity index (χ4n) is 3.08. The van der Waals surface area contributed by atoms with E-state index in [-0.39, 0.29) is 34.6 Å². The summed E-state index contributed by atoms with van der Waals surface area (Å²) in [6, 6.07) is 15.5. The van der Waals surface area contributed by atoms with Crippen LogP contribution in [0.15, 0.2) is 75.9 Å². The highest BCUT2D eigenvalue weighted by atomic mass is 19.4. The minimum absolute atomic E-state index is 0.0312. The van der Waals surface area contributed by atoms with Crippen LogP contribution in [-0.4, -0.2) is 7.11 Å². The highest BCUT2D eigenvalue weighted by molar-refractivity contribution is 5.79. The van der Waals surface area contributed by atoms with Crippen molar-refractivity contribution < 1.29 is 36.2 Å². The largest absolute Gasteiger partial charge is 0.497 e. The predicted octanol–water partition coefficient (Wildman–Crippen LogP) is 6.33. The second kappa shape index (κ2) is 8.85. The molecular formula is C24H16F4O5. The number of hydrogen-bond donors (Lipinski definition) is 0. The first kappa shape index (κ1) is 22.2. The minimum atomic E-state index is -5.01. The number of hydrogen-bond acceptors (Lipinski definition) is 5. The lowest BCUT2D eigenvalue weighted by atomic mass is 10.2. The van der Waals surface area contributed by atoms with Crippen molar-refractivity contribution in [3.05, 3.63) is 94.1 Å². The van der Waals surface area contributed by atoms with Crippen LogP contribution in [-0.2, 0) is 12.8 Å². The van der Waals surface area contributed by atoms with Crippen molar-refractivity contribution in [2.75, 3.05) is 7.11 Å². The topological polar surface area (TPSA) is 57.9 Å². The Kier molecular flexibility index (Phi) is 5.95. The fourth-order valence-corrected chi connectivity index (χ4v) is 3.08. The molecule has 0 radical (unpaired) electrons. The van der Waals surface area contributed by atoms with Gasteiger partial charge in [0.1, 0.15) is 35.3 Å². The molecule has 0 aliphatic rings. The highest BCUT2D eigenvalue weighted by Gasteiger charge is 2.40. The van der Waals surface area contributed by atoms with Gasteiger partial charge in [-0.1, -0.05) is 24.3 Å². The molecule has 1 aromatic heterocycles. The Morgan fingerprint density at radius 3 is 2.39 bits per heavy atom. The van der Waals surface area contributed by atoms with E-state index in [9.17, 15) is 22.4 Å².